The first-order valence-corrected chi connectivity index (χ1v) is 6.97. The molecule has 4 nitrogen and oxygen atoms in total. The van der Waals surface area contributed by atoms with E-state index in [0.29, 0.717) is 6.04 Å². The van der Waals surface area contributed by atoms with E-state index >= 15 is 0 Å². The highest BCUT2D eigenvalue weighted by atomic mass is 35.5. The summed E-state index contributed by atoms with van der Waals surface area (Å²) < 4.78 is 0. The van der Waals surface area contributed by atoms with E-state index in [9.17, 15) is 10.1 Å². The van der Waals surface area contributed by atoms with Gasteiger partial charge in [-0.15, -0.1) is 0 Å². The molecule has 0 amide bonds. The summed E-state index contributed by atoms with van der Waals surface area (Å²) in [6.07, 6.45) is 2.32. The lowest BCUT2D eigenvalue weighted by Gasteiger charge is -2.39. The number of halogens is 1. The molecule has 1 aliphatic rings. The SMILES string of the molecule is Cc1cc([N+](=O)[O-])c(Cl)cc1NC1CC(C(C)C)C1. The minimum Gasteiger partial charge on any atom is -0.382 e. The molecule has 5 heteroatoms. The summed E-state index contributed by atoms with van der Waals surface area (Å²) in [7, 11) is 0. The molecule has 0 heterocycles. The van der Waals surface area contributed by atoms with Crippen molar-refractivity contribution in [2.75, 3.05) is 5.32 Å². The molecule has 0 spiro atoms. The summed E-state index contributed by atoms with van der Waals surface area (Å²) in [6.45, 7) is 6.36. The maximum absolute atomic E-state index is 10.8. The summed E-state index contributed by atoms with van der Waals surface area (Å²) in [4.78, 5) is 10.3. The van der Waals surface area contributed by atoms with Gasteiger partial charge in [0.1, 0.15) is 5.02 Å². The van der Waals surface area contributed by atoms with Gasteiger partial charge in [-0.05, 0) is 43.2 Å². The van der Waals surface area contributed by atoms with Gasteiger partial charge in [0.15, 0.2) is 0 Å². The monoisotopic (exact) mass is 282 g/mol. The van der Waals surface area contributed by atoms with Crippen LogP contribution in [-0.4, -0.2) is 11.0 Å². The summed E-state index contributed by atoms with van der Waals surface area (Å²) in [5.41, 5.74) is 1.74. The van der Waals surface area contributed by atoms with Crippen molar-refractivity contribution in [2.45, 2.75) is 39.7 Å². The van der Waals surface area contributed by atoms with Crippen LogP contribution in [-0.2, 0) is 0 Å². The minimum atomic E-state index is -0.447. The number of nitrogens with one attached hydrogen (secondary N) is 1. The standard InChI is InChI=1S/C14H19ClN2O2/c1-8(2)10-5-11(6-10)16-13-7-12(15)14(17(18)19)4-9(13)3/h4,7-8,10-11,16H,5-6H2,1-3H3. The molecular weight excluding hydrogens is 264 g/mol. The fourth-order valence-electron chi connectivity index (χ4n) is 2.51. The molecular formula is C14H19ClN2O2. The summed E-state index contributed by atoms with van der Waals surface area (Å²) in [5.74, 6) is 1.51. The largest absolute Gasteiger partial charge is 0.382 e. The van der Waals surface area contributed by atoms with E-state index in [1.165, 1.54) is 6.07 Å². The van der Waals surface area contributed by atoms with Crippen LogP contribution in [0.15, 0.2) is 12.1 Å². The first-order valence-electron chi connectivity index (χ1n) is 6.59. The molecule has 1 fully saturated rings. The Balaban J connectivity index is 2.06. The number of hydrogen-bond acceptors (Lipinski definition) is 3. The molecule has 1 aromatic carbocycles. The van der Waals surface area contributed by atoms with Crippen molar-refractivity contribution in [3.8, 4) is 0 Å². The molecule has 19 heavy (non-hydrogen) atoms. The van der Waals surface area contributed by atoms with Crippen molar-refractivity contribution >= 4 is 23.0 Å². The second kappa shape index (κ2) is 5.37. The van der Waals surface area contributed by atoms with Gasteiger partial charge < -0.3 is 5.32 Å². The number of rotatable bonds is 4. The highest BCUT2D eigenvalue weighted by Crippen LogP contribution is 2.37. The zero-order chi connectivity index (χ0) is 14.2. The molecule has 1 aliphatic carbocycles. The smallest absolute Gasteiger partial charge is 0.288 e. The third-order valence-electron chi connectivity index (χ3n) is 3.97. The van der Waals surface area contributed by atoms with Gasteiger partial charge in [0.05, 0.1) is 4.92 Å². The Kier molecular flexibility index (Phi) is 3.99. The molecule has 104 valence electrons. The minimum absolute atomic E-state index is 0.0293. The van der Waals surface area contributed by atoms with E-state index in [2.05, 4.69) is 19.2 Å². The first-order chi connectivity index (χ1) is 8.88. The van der Waals surface area contributed by atoms with Gasteiger partial charge in [-0.25, -0.2) is 0 Å². The van der Waals surface area contributed by atoms with Crippen LogP contribution in [0.4, 0.5) is 11.4 Å². The van der Waals surface area contributed by atoms with Gasteiger partial charge >= 0.3 is 0 Å². The molecule has 2 rings (SSSR count). The van der Waals surface area contributed by atoms with E-state index in [-0.39, 0.29) is 10.7 Å². The van der Waals surface area contributed by atoms with Gasteiger partial charge in [-0.2, -0.15) is 0 Å². The zero-order valence-electron chi connectivity index (χ0n) is 11.4. The highest BCUT2D eigenvalue weighted by molar-refractivity contribution is 6.33. The van der Waals surface area contributed by atoms with Crippen LogP contribution in [0.2, 0.25) is 5.02 Å². The van der Waals surface area contributed by atoms with Crippen LogP contribution in [0.3, 0.4) is 0 Å². The van der Waals surface area contributed by atoms with E-state index in [0.717, 1.165) is 35.9 Å². The van der Waals surface area contributed by atoms with Crippen molar-refractivity contribution in [2.24, 2.45) is 11.8 Å². The Hall–Kier alpha value is -1.29. The van der Waals surface area contributed by atoms with Crippen LogP contribution < -0.4 is 5.32 Å². The Bertz CT molecular complexity index is 496. The normalized spacial score (nSPS) is 22.2. The lowest BCUT2D eigenvalue weighted by atomic mass is 9.73. The van der Waals surface area contributed by atoms with E-state index < -0.39 is 4.92 Å². The molecule has 1 saturated carbocycles. The Morgan fingerprint density at radius 1 is 1.42 bits per heavy atom. The van der Waals surface area contributed by atoms with Gasteiger partial charge in [0.2, 0.25) is 0 Å². The maximum atomic E-state index is 10.8. The fraction of sp³-hybridized carbons (Fsp3) is 0.571. The highest BCUT2D eigenvalue weighted by Gasteiger charge is 2.31. The molecule has 0 unspecified atom stereocenters. The Morgan fingerprint density at radius 3 is 2.58 bits per heavy atom. The number of hydrogen-bond donors (Lipinski definition) is 1. The quantitative estimate of drug-likeness (QED) is 0.658. The molecule has 1 aromatic rings. The van der Waals surface area contributed by atoms with Crippen molar-refractivity contribution in [3.63, 3.8) is 0 Å². The average molecular weight is 283 g/mol. The third kappa shape index (κ3) is 3.00. The molecule has 0 radical (unpaired) electrons. The number of aryl methyl sites for hydroxylation is 1. The number of nitrogens with zero attached hydrogens (tertiary/aromatic N) is 1. The average Bonchev–Trinajstić information content (AvgIpc) is 2.25. The van der Waals surface area contributed by atoms with E-state index in [4.69, 9.17) is 11.6 Å². The van der Waals surface area contributed by atoms with E-state index in [1.807, 2.05) is 6.92 Å². The van der Waals surface area contributed by atoms with Crippen molar-refractivity contribution in [1.29, 1.82) is 0 Å². The molecule has 0 aliphatic heterocycles. The lowest BCUT2D eigenvalue weighted by molar-refractivity contribution is -0.384. The second-order valence-corrected chi connectivity index (χ2v) is 6.10. The third-order valence-corrected chi connectivity index (χ3v) is 4.27. The zero-order valence-corrected chi connectivity index (χ0v) is 12.2. The molecule has 0 aromatic heterocycles. The van der Waals surface area contributed by atoms with Crippen LogP contribution in [0, 0.1) is 28.9 Å². The molecule has 0 bridgehead atoms. The second-order valence-electron chi connectivity index (χ2n) is 5.69. The van der Waals surface area contributed by atoms with Crippen molar-refractivity contribution < 1.29 is 4.92 Å². The predicted octanol–water partition coefficient (Wildman–Crippen LogP) is 4.40. The molecule has 0 atom stereocenters. The van der Waals surface area contributed by atoms with Gasteiger partial charge in [0, 0.05) is 17.8 Å². The van der Waals surface area contributed by atoms with Gasteiger partial charge in [-0.3, -0.25) is 10.1 Å². The predicted molar refractivity (Wildman–Crippen MR) is 77.8 cm³/mol. The number of anilines is 1. The summed E-state index contributed by atoms with van der Waals surface area (Å²) in [5, 5.41) is 14.4. The number of benzene rings is 1. The first kappa shape index (κ1) is 14.1. The van der Waals surface area contributed by atoms with Crippen LogP contribution in [0.25, 0.3) is 0 Å². The maximum Gasteiger partial charge on any atom is 0.288 e. The van der Waals surface area contributed by atoms with Crippen molar-refractivity contribution in [1.82, 2.24) is 0 Å². The van der Waals surface area contributed by atoms with E-state index in [1.54, 1.807) is 6.07 Å². The van der Waals surface area contributed by atoms with Crippen LogP contribution in [0.1, 0.15) is 32.3 Å². The van der Waals surface area contributed by atoms with Crippen LogP contribution in [0.5, 0.6) is 0 Å². The Morgan fingerprint density at radius 2 is 2.05 bits per heavy atom. The van der Waals surface area contributed by atoms with Crippen LogP contribution >= 0.6 is 11.6 Å². The summed E-state index contributed by atoms with van der Waals surface area (Å²) >= 11 is 5.94. The lowest BCUT2D eigenvalue weighted by Crippen LogP contribution is -2.38. The summed E-state index contributed by atoms with van der Waals surface area (Å²) in [6, 6.07) is 3.66. The van der Waals surface area contributed by atoms with Crippen molar-refractivity contribution in [3.05, 3.63) is 32.8 Å². The molecule has 0 saturated heterocycles. The van der Waals surface area contributed by atoms with Gasteiger partial charge in [-0.1, -0.05) is 25.4 Å². The fourth-order valence-corrected chi connectivity index (χ4v) is 2.74. The Labute approximate surface area is 118 Å². The topological polar surface area (TPSA) is 55.2 Å². The number of nitro benzene ring substituents is 1. The number of nitro groups is 1. The molecule has 1 N–H and O–H groups in total. The van der Waals surface area contributed by atoms with Gasteiger partial charge in [0.25, 0.3) is 5.69 Å².